The van der Waals surface area contributed by atoms with Crippen LogP contribution in [0.1, 0.15) is 116 Å². The fourth-order valence-corrected chi connectivity index (χ4v) is 6.04. The highest BCUT2D eigenvalue weighted by molar-refractivity contribution is 5.92. The van der Waals surface area contributed by atoms with E-state index in [-0.39, 0.29) is 6.42 Å². The number of carboxylic acids is 1. The average molecular weight is 694 g/mol. The van der Waals surface area contributed by atoms with Gasteiger partial charge in [-0.25, -0.2) is 9.59 Å². The first-order chi connectivity index (χ1) is 23.6. The van der Waals surface area contributed by atoms with Gasteiger partial charge in [-0.05, 0) is 49.8 Å². The molecule has 11 heteroatoms. The van der Waals surface area contributed by atoms with Gasteiger partial charge in [-0.3, -0.25) is 9.18 Å². The molecule has 0 radical (unpaired) electrons. The summed E-state index contributed by atoms with van der Waals surface area (Å²) in [5, 5.41) is 23.4. The van der Waals surface area contributed by atoms with E-state index in [1.165, 1.54) is 38.9 Å². The number of methoxy groups -OCH3 is 1. The van der Waals surface area contributed by atoms with Crippen LogP contribution in [-0.4, -0.2) is 79.1 Å². The van der Waals surface area contributed by atoms with Crippen molar-refractivity contribution in [3.8, 4) is 5.75 Å². The maximum Gasteiger partial charge on any atom is 0.336 e. The third kappa shape index (κ3) is 14.8. The van der Waals surface area contributed by atoms with Crippen LogP contribution in [0.5, 0.6) is 5.75 Å². The second-order valence-corrected chi connectivity index (χ2v) is 12.9. The Morgan fingerprint density at radius 3 is 2.14 bits per heavy atom. The van der Waals surface area contributed by atoms with Gasteiger partial charge in [-0.2, -0.15) is 0 Å². The highest BCUT2D eigenvalue weighted by atomic mass is 19.1. The standard InChI is InChI=1S/C38H60FNO9/c1-4-6-8-12-15-22-37(48-27-28-49-37)23-16-13-10-9-11-14-17-32(38(45,24-25-39)36(43)44)34(41)40-33(35(42)46-3)29-30-18-20-31(21-19-30)47-26-7-5-2/h14,17-21,32-33,45H,4-13,15-16,22-29H2,1-3H3,(H,40,41)(H,43,44)/t32-,33+,38+/m1/s1. The Hall–Kier alpha value is -3.02. The Morgan fingerprint density at radius 1 is 0.959 bits per heavy atom. The number of aliphatic carboxylic acids is 1. The van der Waals surface area contributed by atoms with Gasteiger partial charge in [-0.15, -0.1) is 0 Å². The summed E-state index contributed by atoms with van der Waals surface area (Å²) in [4.78, 5) is 38.3. The molecule has 1 aromatic carbocycles. The third-order valence-electron chi connectivity index (χ3n) is 9.06. The predicted molar refractivity (Wildman–Crippen MR) is 186 cm³/mol. The molecule has 2 rings (SSSR count). The molecule has 3 atom stereocenters. The number of unbranched alkanes of at least 4 members (excludes halogenated alkanes) is 9. The number of carbonyl (C=O) groups excluding carboxylic acids is 2. The normalized spacial score (nSPS) is 16.6. The summed E-state index contributed by atoms with van der Waals surface area (Å²) in [6.45, 7) is 4.96. The zero-order valence-corrected chi connectivity index (χ0v) is 29.9. The Bertz CT molecular complexity index is 1120. The van der Waals surface area contributed by atoms with E-state index in [1.54, 1.807) is 30.3 Å². The number of aliphatic hydroxyl groups is 1. The van der Waals surface area contributed by atoms with E-state index in [4.69, 9.17) is 18.9 Å². The number of carboxylic acid groups (broad SMARTS) is 1. The van der Waals surface area contributed by atoms with E-state index in [1.807, 2.05) is 0 Å². The third-order valence-corrected chi connectivity index (χ3v) is 9.06. The van der Waals surface area contributed by atoms with E-state index in [0.717, 1.165) is 57.8 Å². The topological polar surface area (TPSA) is 141 Å². The molecule has 0 unspecified atom stereocenters. The lowest BCUT2D eigenvalue weighted by Gasteiger charge is -2.30. The van der Waals surface area contributed by atoms with Gasteiger partial charge in [0.05, 0.1) is 39.5 Å². The maximum absolute atomic E-state index is 13.5. The van der Waals surface area contributed by atoms with Crippen molar-refractivity contribution in [2.75, 3.05) is 33.6 Å². The van der Waals surface area contributed by atoms with Crippen molar-refractivity contribution < 1.29 is 47.9 Å². The van der Waals surface area contributed by atoms with Crippen LogP contribution in [0.25, 0.3) is 0 Å². The van der Waals surface area contributed by atoms with Crippen LogP contribution < -0.4 is 10.1 Å². The number of allylic oxidation sites excluding steroid dienone is 1. The molecule has 0 aliphatic carbocycles. The summed E-state index contributed by atoms with van der Waals surface area (Å²) in [6, 6.07) is 5.89. The number of halogens is 1. The Labute approximate surface area is 292 Å². The summed E-state index contributed by atoms with van der Waals surface area (Å²) < 4.78 is 36.1. The fraction of sp³-hybridized carbons (Fsp3) is 0.711. The maximum atomic E-state index is 13.5. The minimum absolute atomic E-state index is 0.0505. The van der Waals surface area contributed by atoms with Crippen LogP contribution in [0.15, 0.2) is 36.4 Å². The van der Waals surface area contributed by atoms with E-state index >= 15 is 0 Å². The minimum atomic E-state index is -2.71. The Morgan fingerprint density at radius 2 is 1.57 bits per heavy atom. The van der Waals surface area contributed by atoms with Gasteiger partial charge in [-0.1, -0.05) is 83.1 Å². The van der Waals surface area contributed by atoms with Crippen molar-refractivity contribution in [3.63, 3.8) is 0 Å². The van der Waals surface area contributed by atoms with Crippen molar-refractivity contribution in [2.24, 2.45) is 5.92 Å². The second kappa shape index (κ2) is 23.4. The highest BCUT2D eigenvalue weighted by Crippen LogP contribution is 2.32. The van der Waals surface area contributed by atoms with Crippen molar-refractivity contribution >= 4 is 17.8 Å². The van der Waals surface area contributed by atoms with Crippen LogP contribution in [-0.2, 0) is 35.0 Å². The molecule has 1 aliphatic heterocycles. The fourth-order valence-electron chi connectivity index (χ4n) is 6.04. The SMILES string of the molecule is CCCCCCCC1(CCCCCCC=C[C@H](C(=O)N[C@@H](Cc2ccc(OCCCC)cc2)C(=O)OC)[C@@](O)(CCF)C(=O)O)OCCO1. The number of amides is 1. The molecule has 1 heterocycles. The van der Waals surface area contributed by atoms with E-state index in [9.17, 15) is 29.0 Å². The molecule has 1 aromatic rings. The lowest BCUT2D eigenvalue weighted by atomic mass is 9.83. The van der Waals surface area contributed by atoms with Gasteiger partial charge in [0.15, 0.2) is 11.4 Å². The molecule has 3 N–H and O–H groups in total. The Balaban J connectivity index is 1.99. The number of carbonyl (C=O) groups is 3. The predicted octanol–water partition coefficient (Wildman–Crippen LogP) is 6.86. The van der Waals surface area contributed by atoms with Gasteiger partial charge in [0.1, 0.15) is 11.8 Å². The lowest BCUT2D eigenvalue weighted by Crippen LogP contribution is -2.55. The minimum Gasteiger partial charge on any atom is -0.494 e. The van der Waals surface area contributed by atoms with Crippen LogP contribution in [0, 0.1) is 5.92 Å². The second-order valence-electron chi connectivity index (χ2n) is 12.9. The van der Waals surface area contributed by atoms with Crippen molar-refractivity contribution in [1.29, 1.82) is 0 Å². The molecule has 0 aromatic heterocycles. The number of hydrogen-bond acceptors (Lipinski definition) is 8. The first-order valence-electron chi connectivity index (χ1n) is 18.2. The summed E-state index contributed by atoms with van der Waals surface area (Å²) >= 11 is 0. The van der Waals surface area contributed by atoms with E-state index < -0.39 is 54.3 Å². The van der Waals surface area contributed by atoms with Gasteiger partial charge in [0.25, 0.3) is 0 Å². The zero-order valence-electron chi connectivity index (χ0n) is 29.9. The molecule has 0 saturated carbocycles. The number of rotatable bonds is 27. The van der Waals surface area contributed by atoms with Gasteiger partial charge in [0.2, 0.25) is 5.91 Å². The number of benzene rings is 1. The lowest BCUT2D eigenvalue weighted by molar-refractivity contribution is -0.168. The van der Waals surface area contributed by atoms with Crippen molar-refractivity contribution in [3.05, 3.63) is 42.0 Å². The molecule has 1 saturated heterocycles. The summed E-state index contributed by atoms with van der Waals surface area (Å²) in [5.41, 5.74) is -2.01. The highest BCUT2D eigenvalue weighted by Gasteiger charge is 2.47. The summed E-state index contributed by atoms with van der Waals surface area (Å²) in [7, 11) is 1.18. The first kappa shape index (κ1) is 42.1. The number of nitrogens with one attached hydrogen (secondary N) is 1. The van der Waals surface area contributed by atoms with E-state index in [2.05, 4.69) is 19.2 Å². The van der Waals surface area contributed by atoms with Crippen molar-refractivity contribution in [2.45, 2.75) is 134 Å². The van der Waals surface area contributed by atoms with Crippen LogP contribution in [0.3, 0.4) is 0 Å². The summed E-state index contributed by atoms with van der Waals surface area (Å²) in [6.07, 6.45) is 15.9. The monoisotopic (exact) mass is 693 g/mol. The summed E-state index contributed by atoms with van der Waals surface area (Å²) in [5.74, 6) is -4.82. The van der Waals surface area contributed by atoms with Gasteiger partial charge < -0.3 is 34.5 Å². The van der Waals surface area contributed by atoms with E-state index in [0.29, 0.717) is 37.6 Å². The molecule has 10 nitrogen and oxygen atoms in total. The molecule has 1 amide bonds. The number of hydrogen-bond donors (Lipinski definition) is 3. The van der Waals surface area contributed by atoms with Gasteiger partial charge >= 0.3 is 11.9 Å². The van der Waals surface area contributed by atoms with Gasteiger partial charge in [0, 0.05) is 25.7 Å². The van der Waals surface area contributed by atoms with Crippen LogP contribution in [0.4, 0.5) is 4.39 Å². The Kier molecular flexibility index (Phi) is 20.1. The number of alkyl halides is 1. The number of ether oxygens (including phenoxy) is 4. The average Bonchev–Trinajstić information content (AvgIpc) is 3.56. The molecular weight excluding hydrogens is 633 g/mol. The van der Waals surface area contributed by atoms with Crippen LogP contribution >= 0.6 is 0 Å². The first-order valence-corrected chi connectivity index (χ1v) is 18.2. The smallest absolute Gasteiger partial charge is 0.336 e. The molecule has 0 bridgehead atoms. The number of esters is 1. The molecule has 0 spiro atoms. The zero-order chi connectivity index (χ0) is 36.0. The molecule has 1 aliphatic rings. The molecule has 1 fully saturated rings. The molecule has 49 heavy (non-hydrogen) atoms. The van der Waals surface area contributed by atoms with Crippen molar-refractivity contribution in [1.82, 2.24) is 5.32 Å². The largest absolute Gasteiger partial charge is 0.494 e. The molecular formula is C38H60FNO9. The quantitative estimate of drug-likeness (QED) is 0.0512. The van der Waals surface area contributed by atoms with Crippen LogP contribution in [0.2, 0.25) is 0 Å². The molecule has 278 valence electrons.